The van der Waals surface area contributed by atoms with E-state index >= 15 is 0 Å². The van der Waals surface area contributed by atoms with Gasteiger partial charge in [-0.1, -0.05) is 11.6 Å². The van der Waals surface area contributed by atoms with Crippen LogP contribution in [0.25, 0.3) is 0 Å². The van der Waals surface area contributed by atoms with Crippen LogP contribution in [0.4, 0.5) is 0 Å². The Kier molecular flexibility index (Phi) is 2.91. The molecule has 0 unspecified atom stereocenters. The van der Waals surface area contributed by atoms with Gasteiger partial charge in [-0.05, 0) is 38.1 Å². The lowest BCUT2D eigenvalue weighted by molar-refractivity contribution is 0.209. The molecule has 0 bridgehead atoms. The zero-order chi connectivity index (χ0) is 9.19. The second kappa shape index (κ2) is 3.58. The van der Waals surface area contributed by atoms with Gasteiger partial charge in [-0.15, -0.1) is 12.6 Å². The third-order valence-corrected chi connectivity index (χ3v) is 1.52. The maximum absolute atomic E-state index is 5.71. The topological polar surface area (TPSA) is 9.23 Å². The van der Waals surface area contributed by atoms with Gasteiger partial charge in [0.15, 0.2) is 0 Å². The zero-order valence-electron chi connectivity index (χ0n) is 7.04. The SMILES string of the molecule is CC(C)(S)Oc1ccc(Cl)cc1. The second-order valence-electron chi connectivity index (χ2n) is 3.00. The van der Waals surface area contributed by atoms with Crippen LogP contribution in [0.1, 0.15) is 13.8 Å². The standard InChI is InChI=1S/C9H11ClOS/c1-9(2,12)11-8-5-3-7(10)4-6-8/h3-6,12H,1-2H3. The molecule has 3 heteroatoms. The largest absolute Gasteiger partial charge is 0.477 e. The summed E-state index contributed by atoms with van der Waals surface area (Å²) in [4.78, 5) is -0.451. The number of hydrogen-bond acceptors (Lipinski definition) is 2. The Labute approximate surface area is 83.1 Å². The fourth-order valence-corrected chi connectivity index (χ4v) is 1.02. The van der Waals surface area contributed by atoms with Crippen molar-refractivity contribution in [2.75, 3.05) is 0 Å². The lowest BCUT2D eigenvalue weighted by Crippen LogP contribution is -2.19. The molecule has 1 aromatic carbocycles. The molecular weight excluding hydrogens is 192 g/mol. The molecule has 0 fully saturated rings. The normalized spacial score (nSPS) is 11.3. The van der Waals surface area contributed by atoms with Crippen LogP contribution in [-0.2, 0) is 0 Å². The molecule has 0 aliphatic carbocycles. The Balaban J connectivity index is 2.71. The minimum Gasteiger partial charge on any atom is -0.477 e. The summed E-state index contributed by atoms with van der Waals surface area (Å²) in [5.41, 5.74) is 0. The molecule has 66 valence electrons. The molecule has 0 radical (unpaired) electrons. The van der Waals surface area contributed by atoms with E-state index in [4.69, 9.17) is 16.3 Å². The van der Waals surface area contributed by atoms with E-state index < -0.39 is 4.93 Å². The van der Waals surface area contributed by atoms with Gasteiger partial charge in [0, 0.05) is 5.02 Å². The fraction of sp³-hybridized carbons (Fsp3) is 0.333. The molecule has 0 amide bonds. The molecule has 0 heterocycles. The second-order valence-corrected chi connectivity index (χ2v) is 4.52. The van der Waals surface area contributed by atoms with Crippen LogP contribution in [0.2, 0.25) is 5.02 Å². The molecule has 1 nitrogen and oxygen atoms in total. The summed E-state index contributed by atoms with van der Waals surface area (Å²) in [6, 6.07) is 7.22. The van der Waals surface area contributed by atoms with Gasteiger partial charge in [-0.3, -0.25) is 0 Å². The first-order valence-electron chi connectivity index (χ1n) is 3.64. The van der Waals surface area contributed by atoms with Crippen molar-refractivity contribution in [2.24, 2.45) is 0 Å². The minimum atomic E-state index is -0.451. The van der Waals surface area contributed by atoms with Crippen molar-refractivity contribution in [3.63, 3.8) is 0 Å². The summed E-state index contributed by atoms with van der Waals surface area (Å²) in [5.74, 6) is 0.777. The van der Waals surface area contributed by atoms with Crippen molar-refractivity contribution in [2.45, 2.75) is 18.8 Å². The molecule has 12 heavy (non-hydrogen) atoms. The van der Waals surface area contributed by atoms with Crippen molar-refractivity contribution < 1.29 is 4.74 Å². The average molecular weight is 203 g/mol. The van der Waals surface area contributed by atoms with Gasteiger partial charge in [0.1, 0.15) is 10.7 Å². The number of rotatable bonds is 2. The maximum atomic E-state index is 5.71. The predicted octanol–water partition coefficient (Wildman–Crippen LogP) is 3.38. The summed E-state index contributed by atoms with van der Waals surface area (Å²) >= 11 is 9.95. The van der Waals surface area contributed by atoms with E-state index in [0.717, 1.165) is 5.75 Å². The molecule has 0 aliphatic rings. The molecule has 0 aliphatic heterocycles. The monoisotopic (exact) mass is 202 g/mol. The van der Waals surface area contributed by atoms with Crippen LogP contribution < -0.4 is 4.74 Å². The van der Waals surface area contributed by atoms with Gasteiger partial charge in [0.05, 0.1) is 0 Å². The van der Waals surface area contributed by atoms with Crippen LogP contribution in [-0.4, -0.2) is 4.93 Å². The molecule has 0 saturated heterocycles. The first kappa shape index (κ1) is 9.75. The molecule has 0 saturated carbocycles. The highest BCUT2D eigenvalue weighted by Crippen LogP contribution is 2.22. The average Bonchev–Trinajstić information content (AvgIpc) is 1.91. The van der Waals surface area contributed by atoms with E-state index in [9.17, 15) is 0 Å². The summed E-state index contributed by atoms with van der Waals surface area (Å²) < 4.78 is 5.46. The smallest absolute Gasteiger partial charge is 0.146 e. The Morgan fingerprint density at radius 2 is 1.75 bits per heavy atom. The fourth-order valence-electron chi connectivity index (χ4n) is 0.791. The lowest BCUT2D eigenvalue weighted by atomic mass is 10.3. The summed E-state index contributed by atoms with van der Waals surface area (Å²) in [6.07, 6.45) is 0. The molecule has 0 aromatic heterocycles. The van der Waals surface area contributed by atoms with Crippen LogP contribution in [0.3, 0.4) is 0 Å². The number of ether oxygens (including phenoxy) is 1. The van der Waals surface area contributed by atoms with Crippen LogP contribution in [0, 0.1) is 0 Å². The third-order valence-electron chi connectivity index (χ3n) is 1.18. The number of halogens is 1. The minimum absolute atomic E-state index is 0.451. The van der Waals surface area contributed by atoms with Crippen LogP contribution in [0.5, 0.6) is 5.75 Å². The van der Waals surface area contributed by atoms with Gasteiger partial charge < -0.3 is 4.74 Å². The van der Waals surface area contributed by atoms with Gasteiger partial charge in [-0.25, -0.2) is 0 Å². The Morgan fingerprint density at radius 3 is 2.17 bits per heavy atom. The first-order valence-corrected chi connectivity index (χ1v) is 4.47. The van der Waals surface area contributed by atoms with Crippen molar-refractivity contribution >= 4 is 24.2 Å². The summed E-state index contributed by atoms with van der Waals surface area (Å²) in [7, 11) is 0. The molecule has 0 spiro atoms. The number of benzene rings is 1. The molecule has 0 N–H and O–H groups in total. The predicted molar refractivity (Wildman–Crippen MR) is 55.1 cm³/mol. The molecule has 1 aromatic rings. The third kappa shape index (κ3) is 3.37. The van der Waals surface area contributed by atoms with Crippen molar-refractivity contribution in [1.82, 2.24) is 0 Å². The van der Waals surface area contributed by atoms with Crippen molar-refractivity contribution in [1.29, 1.82) is 0 Å². The number of thiol groups is 1. The Hall–Kier alpha value is -0.340. The van der Waals surface area contributed by atoms with E-state index in [1.54, 1.807) is 12.1 Å². The van der Waals surface area contributed by atoms with Crippen LogP contribution in [0.15, 0.2) is 24.3 Å². The number of hydrogen-bond donors (Lipinski definition) is 1. The Morgan fingerprint density at radius 1 is 1.25 bits per heavy atom. The first-order chi connectivity index (χ1) is 5.47. The lowest BCUT2D eigenvalue weighted by Gasteiger charge is -2.19. The van der Waals surface area contributed by atoms with Gasteiger partial charge in [0.25, 0.3) is 0 Å². The van der Waals surface area contributed by atoms with E-state index in [0.29, 0.717) is 5.02 Å². The molecule has 0 atom stereocenters. The van der Waals surface area contributed by atoms with E-state index in [1.165, 1.54) is 0 Å². The maximum Gasteiger partial charge on any atom is 0.146 e. The highest BCUT2D eigenvalue weighted by atomic mass is 35.5. The van der Waals surface area contributed by atoms with E-state index in [1.807, 2.05) is 26.0 Å². The van der Waals surface area contributed by atoms with Crippen LogP contribution >= 0.6 is 24.2 Å². The van der Waals surface area contributed by atoms with E-state index in [-0.39, 0.29) is 0 Å². The van der Waals surface area contributed by atoms with E-state index in [2.05, 4.69) is 12.6 Å². The van der Waals surface area contributed by atoms with Crippen molar-refractivity contribution in [3.05, 3.63) is 29.3 Å². The highest BCUT2D eigenvalue weighted by Gasteiger charge is 2.12. The molecular formula is C9H11ClOS. The highest BCUT2D eigenvalue weighted by molar-refractivity contribution is 7.81. The quantitative estimate of drug-likeness (QED) is 0.572. The summed E-state index contributed by atoms with van der Waals surface area (Å²) in [6.45, 7) is 3.76. The Bertz CT molecular complexity index is 250. The zero-order valence-corrected chi connectivity index (χ0v) is 8.69. The molecule has 1 rings (SSSR count). The van der Waals surface area contributed by atoms with Crippen molar-refractivity contribution in [3.8, 4) is 5.75 Å². The van der Waals surface area contributed by atoms with Gasteiger partial charge >= 0.3 is 0 Å². The van der Waals surface area contributed by atoms with Gasteiger partial charge in [0.2, 0.25) is 0 Å². The summed E-state index contributed by atoms with van der Waals surface area (Å²) in [5, 5.41) is 0.708. The van der Waals surface area contributed by atoms with Gasteiger partial charge in [-0.2, -0.15) is 0 Å².